The van der Waals surface area contributed by atoms with E-state index >= 15 is 4.39 Å². The van der Waals surface area contributed by atoms with Crippen LogP contribution in [0.15, 0.2) is 73.2 Å². The zero-order valence-corrected chi connectivity index (χ0v) is 35.6. The molecule has 4 aliphatic rings. The van der Waals surface area contributed by atoms with Gasteiger partial charge in [0.25, 0.3) is 5.91 Å². The number of aryl methyl sites for hydroxylation is 1. The van der Waals surface area contributed by atoms with Crippen molar-refractivity contribution in [1.29, 1.82) is 0 Å². The maximum absolute atomic E-state index is 15.2. The molecule has 8 heterocycles. The number of hydrogen-bond acceptors (Lipinski definition) is 11. The summed E-state index contributed by atoms with van der Waals surface area (Å²) < 4.78 is 17.4. The monoisotopic (exact) mass is 841 g/mol. The number of nitrogens with one attached hydrogen (secondary N) is 2. The Kier molecular flexibility index (Phi) is 11.9. The van der Waals surface area contributed by atoms with Crippen LogP contribution in [-0.4, -0.2) is 117 Å². The van der Waals surface area contributed by atoms with Crippen LogP contribution in [0, 0.1) is 11.7 Å². The van der Waals surface area contributed by atoms with Crippen molar-refractivity contribution in [3.8, 4) is 11.1 Å². The highest BCUT2D eigenvalue weighted by molar-refractivity contribution is 6.01. The van der Waals surface area contributed by atoms with E-state index < -0.39 is 17.8 Å². The molecular weight excluding hydrogens is 786 g/mol. The maximum Gasteiger partial charge on any atom is 0.253 e. The number of carbonyl (C=O) groups excluding carboxylic acids is 3. The van der Waals surface area contributed by atoms with Crippen molar-refractivity contribution in [3.05, 3.63) is 95.8 Å². The minimum Gasteiger partial charge on any atom is -0.384 e. The Balaban J connectivity index is 0.716. The molecule has 62 heavy (non-hydrogen) atoms. The van der Waals surface area contributed by atoms with Crippen LogP contribution >= 0.6 is 0 Å². The zero-order valence-electron chi connectivity index (χ0n) is 35.6. The van der Waals surface area contributed by atoms with Gasteiger partial charge in [-0.05, 0) is 111 Å². The first-order chi connectivity index (χ1) is 30.1. The summed E-state index contributed by atoms with van der Waals surface area (Å²) >= 11 is 0. The third-order valence-electron chi connectivity index (χ3n) is 13.7. The number of likely N-dealkylation sites (tertiary alicyclic amines) is 2. The standard InChI is InChI=1S/C47H56FN11O3/c1-30(41-26-38-37(11-16-50-44(38)55(41)2)35-7-9-42(49)51-27-35)57-19-14-33(15-20-57)32-3-5-34(6-4-32)47(62)59-17-12-31(13-18-59)29-56-21-23-58(24-22-56)45-39(48)25-36(28-52-45)53-40-8-10-43(60)54-46(40)61/h3-7,9,11,16,25-28,30-31,33,40,53H,8,10,12-15,17-24,29H2,1-2H3,(H2,49,51)(H,54,60,61)/t30-,40?/m0/s1. The quantitative estimate of drug-likeness (QED) is 0.151. The number of fused-ring (bicyclic) bond motifs is 1. The zero-order chi connectivity index (χ0) is 42.9. The number of hydrogen-bond donors (Lipinski definition) is 3. The van der Waals surface area contributed by atoms with Crippen LogP contribution in [-0.2, 0) is 16.6 Å². The van der Waals surface area contributed by atoms with Gasteiger partial charge < -0.3 is 25.4 Å². The number of piperazine rings is 1. The van der Waals surface area contributed by atoms with Gasteiger partial charge in [-0.1, -0.05) is 12.1 Å². The molecule has 4 saturated heterocycles. The molecule has 4 fully saturated rings. The van der Waals surface area contributed by atoms with E-state index in [2.05, 4.69) is 67.1 Å². The number of rotatable bonds is 10. The van der Waals surface area contributed by atoms with Gasteiger partial charge in [0, 0.05) is 106 Å². The number of carbonyl (C=O) groups is 3. The Morgan fingerprint density at radius 2 is 1.65 bits per heavy atom. The predicted molar refractivity (Wildman–Crippen MR) is 238 cm³/mol. The first-order valence-electron chi connectivity index (χ1n) is 22.1. The van der Waals surface area contributed by atoms with Crippen LogP contribution in [0.25, 0.3) is 22.2 Å². The number of nitrogen functional groups attached to an aromatic ring is 1. The SMILES string of the molecule is C[C@@H](c1cc2c(-c3ccc(N)nc3)ccnc2n1C)N1CCC(c2ccc(C(=O)N3CCC(CN4CCN(c5ncc(NC6CCC(=O)NC6=O)cc5F)CC4)CC3)cc2)CC1. The van der Waals surface area contributed by atoms with Gasteiger partial charge in [-0.2, -0.15) is 0 Å². The van der Waals surface area contributed by atoms with Gasteiger partial charge in [-0.15, -0.1) is 0 Å². The van der Waals surface area contributed by atoms with Crippen molar-refractivity contribution < 1.29 is 18.8 Å². The van der Waals surface area contributed by atoms with Gasteiger partial charge >= 0.3 is 0 Å². The van der Waals surface area contributed by atoms with E-state index in [1.807, 2.05) is 52.5 Å². The molecule has 5 aromatic rings. The van der Waals surface area contributed by atoms with Crippen LogP contribution in [0.2, 0.25) is 0 Å². The smallest absolute Gasteiger partial charge is 0.253 e. The minimum absolute atomic E-state index is 0.111. The van der Waals surface area contributed by atoms with Gasteiger partial charge in [0.1, 0.15) is 17.5 Å². The van der Waals surface area contributed by atoms with Crippen molar-refractivity contribution in [2.45, 2.75) is 63.5 Å². The molecule has 0 radical (unpaired) electrons. The van der Waals surface area contributed by atoms with Gasteiger partial charge in [-0.3, -0.25) is 29.5 Å². The Hall–Kier alpha value is -5.93. The second kappa shape index (κ2) is 17.8. The van der Waals surface area contributed by atoms with Crippen LogP contribution in [0.4, 0.5) is 21.7 Å². The highest BCUT2D eigenvalue weighted by Gasteiger charge is 2.31. The van der Waals surface area contributed by atoms with E-state index in [9.17, 15) is 14.4 Å². The Labute approximate surface area is 361 Å². The average Bonchev–Trinajstić information content (AvgIpc) is 3.64. The van der Waals surface area contributed by atoms with Gasteiger partial charge in [0.2, 0.25) is 11.8 Å². The molecule has 324 valence electrons. The predicted octanol–water partition coefficient (Wildman–Crippen LogP) is 5.58. The molecule has 1 aromatic carbocycles. The molecule has 0 aliphatic carbocycles. The van der Waals surface area contributed by atoms with Crippen molar-refractivity contribution in [3.63, 3.8) is 0 Å². The summed E-state index contributed by atoms with van der Waals surface area (Å²) in [6, 6.07) is 17.6. The molecule has 0 bridgehead atoms. The van der Waals surface area contributed by atoms with Crippen molar-refractivity contribution in [2.75, 3.05) is 74.9 Å². The Morgan fingerprint density at radius 1 is 0.887 bits per heavy atom. The highest BCUT2D eigenvalue weighted by Crippen LogP contribution is 2.36. The first-order valence-corrected chi connectivity index (χ1v) is 22.1. The largest absolute Gasteiger partial charge is 0.384 e. The molecule has 0 spiro atoms. The van der Waals surface area contributed by atoms with E-state index in [4.69, 9.17) is 10.7 Å². The number of nitrogens with zero attached hydrogens (tertiary/aromatic N) is 8. The van der Waals surface area contributed by atoms with Gasteiger partial charge in [0.05, 0.1) is 11.9 Å². The number of aromatic nitrogens is 4. The number of anilines is 3. The van der Waals surface area contributed by atoms with Crippen molar-refractivity contribution >= 4 is 46.1 Å². The third-order valence-corrected chi connectivity index (χ3v) is 13.7. The lowest BCUT2D eigenvalue weighted by Gasteiger charge is -2.39. The summed E-state index contributed by atoms with van der Waals surface area (Å²) in [6.07, 6.45) is 9.92. The average molecular weight is 842 g/mol. The number of benzene rings is 1. The number of nitrogens with two attached hydrogens (primary N) is 1. The van der Waals surface area contributed by atoms with E-state index in [0.717, 1.165) is 99.2 Å². The first kappa shape index (κ1) is 41.4. The summed E-state index contributed by atoms with van der Waals surface area (Å²) in [5.74, 6) is 0.773. The minimum atomic E-state index is -0.590. The number of piperidine rings is 3. The van der Waals surface area contributed by atoms with E-state index in [-0.39, 0.29) is 24.3 Å². The molecule has 2 atom stereocenters. The molecule has 4 aliphatic heterocycles. The van der Waals surface area contributed by atoms with E-state index in [1.54, 1.807) is 6.20 Å². The van der Waals surface area contributed by atoms with E-state index in [0.29, 0.717) is 48.7 Å². The summed E-state index contributed by atoms with van der Waals surface area (Å²) in [6.45, 7) is 9.73. The fourth-order valence-electron chi connectivity index (χ4n) is 9.94. The van der Waals surface area contributed by atoms with Gasteiger partial charge in [-0.25, -0.2) is 19.3 Å². The van der Waals surface area contributed by atoms with E-state index in [1.165, 1.54) is 17.3 Å². The summed E-state index contributed by atoms with van der Waals surface area (Å²) in [5, 5.41) is 6.43. The number of amides is 3. The topological polar surface area (TPSA) is 158 Å². The second-order valence-electron chi connectivity index (χ2n) is 17.5. The lowest BCUT2D eigenvalue weighted by Crippen LogP contribution is -2.49. The fourth-order valence-corrected chi connectivity index (χ4v) is 9.94. The molecule has 3 amide bonds. The highest BCUT2D eigenvalue weighted by atomic mass is 19.1. The molecular formula is C47H56FN11O3. The van der Waals surface area contributed by atoms with Crippen LogP contribution in [0.3, 0.4) is 0 Å². The third kappa shape index (κ3) is 8.73. The summed E-state index contributed by atoms with van der Waals surface area (Å²) in [5.41, 5.74) is 12.7. The Morgan fingerprint density at radius 3 is 2.34 bits per heavy atom. The number of imide groups is 1. The number of pyridine rings is 3. The molecule has 4 N–H and O–H groups in total. The molecule has 0 saturated carbocycles. The van der Waals surface area contributed by atoms with Crippen LogP contribution < -0.4 is 21.3 Å². The van der Waals surface area contributed by atoms with Crippen molar-refractivity contribution in [1.82, 2.24) is 39.5 Å². The normalized spacial score (nSPS) is 20.4. The van der Waals surface area contributed by atoms with Crippen LogP contribution in [0.1, 0.15) is 79.0 Å². The lowest BCUT2D eigenvalue weighted by molar-refractivity contribution is -0.133. The fraction of sp³-hybridized carbons (Fsp3) is 0.447. The molecule has 15 heteroatoms. The van der Waals surface area contributed by atoms with Crippen molar-refractivity contribution in [2.24, 2.45) is 13.0 Å². The maximum atomic E-state index is 15.2. The summed E-state index contributed by atoms with van der Waals surface area (Å²) in [4.78, 5) is 59.6. The van der Waals surface area contributed by atoms with Crippen LogP contribution in [0.5, 0.6) is 0 Å². The number of halogens is 1. The lowest BCUT2D eigenvalue weighted by atomic mass is 9.88. The second-order valence-corrected chi connectivity index (χ2v) is 17.5. The molecule has 1 unspecified atom stereocenters. The molecule has 14 nitrogen and oxygen atoms in total. The summed E-state index contributed by atoms with van der Waals surface area (Å²) in [7, 11) is 2.11. The molecule has 9 rings (SSSR count). The van der Waals surface area contributed by atoms with Gasteiger partial charge in [0.15, 0.2) is 11.6 Å². The Bertz CT molecular complexity index is 2420. The molecule has 4 aromatic heterocycles.